The molecule has 6 nitrogen and oxygen atoms in total. The lowest BCUT2D eigenvalue weighted by Gasteiger charge is -2.22. The molecule has 2 amide bonds. The van der Waals surface area contributed by atoms with Crippen LogP contribution in [0.2, 0.25) is 0 Å². The number of hydrogen-bond acceptors (Lipinski definition) is 5. The first-order valence-corrected chi connectivity index (χ1v) is 9.06. The van der Waals surface area contributed by atoms with Gasteiger partial charge in [0.25, 0.3) is 5.91 Å². The highest BCUT2D eigenvalue weighted by Gasteiger charge is 2.24. The minimum Gasteiger partial charge on any atom is -0.352 e. The number of nitrogens with zero attached hydrogens (tertiary/aromatic N) is 3. The molecule has 1 aliphatic carbocycles. The number of amides is 2. The Kier molecular flexibility index (Phi) is 5.70. The fourth-order valence-corrected chi connectivity index (χ4v) is 3.40. The first kappa shape index (κ1) is 17.5. The first-order valence-electron chi connectivity index (χ1n) is 8.22. The number of halogens is 1. The lowest BCUT2D eigenvalue weighted by Crippen LogP contribution is -2.43. The maximum Gasteiger partial charge on any atom is 0.276 e. The van der Waals surface area contributed by atoms with Crippen molar-refractivity contribution >= 4 is 23.3 Å². The summed E-state index contributed by atoms with van der Waals surface area (Å²) >= 11 is 1.06. The second-order valence-electron chi connectivity index (χ2n) is 6.09. The predicted molar refractivity (Wildman–Crippen MR) is 91.4 cm³/mol. The van der Waals surface area contributed by atoms with Gasteiger partial charge in [0.05, 0.1) is 0 Å². The third-order valence-electron chi connectivity index (χ3n) is 4.24. The van der Waals surface area contributed by atoms with Crippen molar-refractivity contribution < 1.29 is 14.0 Å². The summed E-state index contributed by atoms with van der Waals surface area (Å²) in [5.74, 6) is -1.08. The van der Waals surface area contributed by atoms with Crippen LogP contribution in [-0.2, 0) is 11.3 Å². The smallest absolute Gasteiger partial charge is 0.276 e. The zero-order chi connectivity index (χ0) is 17.6. The molecule has 1 aliphatic rings. The van der Waals surface area contributed by atoms with Crippen molar-refractivity contribution in [1.82, 2.24) is 19.8 Å². The van der Waals surface area contributed by atoms with Crippen LogP contribution in [0.5, 0.6) is 0 Å². The molecule has 0 aliphatic heterocycles. The summed E-state index contributed by atoms with van der Waals surface area (Å²) in [5, 5.41) is 8.23. The Hall–Kier alpha value is -2.35. The zero-order valence-electron chi connectivity index (χ0n) is 13.7. The Labute approximate surface area is 149 Å². The molecule has 1 saturated carbocycles. The summed E-state index contributed by atoms with van der Waals surface area (Å²) in [5.41, 5.74) is 0.516. The van der Waals surface area contributed by atoms with Gasteiger partial charge in [-0.2, -0.15) is 0 Å². The van der Waals surface area contributed by atoms with E-state index in [1.165, 1.54) is 16.3 Å². The van der Waals surface area contributed by atoms with E-state index < -0.39 is 11.7 Å². The Balaban J connectivity index is 1.72. The molecule has 8 heteroatoms. The average molecular weight is 362 g/mol. The average Bonchev–Trinajstić information content (AvgIpc) is 3.29. The highest BCUT2D eigenvalue weighted by molar-refractivity contribution is 7.03. The van der Waals surface area contributed by atoms with E-state index in [0.29, 0.717) is 5.56 Å². The van der Waals surface area contributed by atoms with E-state index >= 15 is 0 Å². The fourth-order valence-electron chi connectivity index (χ4n) is 2.97. The molecule has 2 aromatic rings. The maximum absolute atomic E-state index is 14.0. The van der Waals surface area contributed by atoms with E-state index in [-0.39, 0.29) is 30.7 Å². The molecule has 25 heavy (non-hydrogen) atoms. The third-order valence-corrected chi connectivity index (χ3v) is 4.74. The second-order valence-corrected chi connectivity index (χ2v) is 6.70. The molecule has 0 unspecified atom stereocenters. The molecule has 0 atom stereocenters. The number of rotatable bonds is 6. The number of carbonyl (C=O) groups is 2. The summed E-state index contributed by atoms with van der Waals surface area (Å²) < 4.78 is 17.6. The van der Waals surface area contributed by atoms with E-state index in [9.17, 15) is 14.0 Å². The lowest BCUT2D eigenvalue weighted by atomic mass is 10.2. The zero-order valence-corrected chi connectivity index (χ0v) is 14.5. The van der Waals surface area contributed by atoms with Gasteiger partial charge in [-0.1, -0.05) is 35.5 Å². The first-order chi connectivity index (χ1) is 12.1. The summed E-state index contributed by atoms with van der Waals surface area (Å²) in [7, 11) is 0. The van der Waals surface area contributed by atoms with E-state index in [0.717, 1.165) is 37.2 Å². The van der Waals surface area contributed by atoms with E-state index in [1.54, 1.807) is 18.2 Å². The van der Waals surface area contributed by atoms with Gasteiger partial charge in [0.1, 0.15) is 12.4 Å². The van der Waals surface area contributed by atoms with Crippen LogP contribution in [0.1, 0.15) is 41.7 Å². The van der Waals surface area contributed by atoms with Crippen LogP contribution in [-0.4, -0.2) is 38.9 Å². The number of aromatic nitrogens is 2. The van der Waals surface area contributed by atoms with Gasteiger partial charge in [0.15, 0.2) is 5.69 Å². The number of benzene rings is 1. The van der Waals surface area contributed by atoms with Gasteiger partial charge in [-0.25, -0.2) is 4.39 Å². The maximum atomic E-state index is 14.0. The van der Waals surface area contributed by atoms with Gasteiger partial charge in [-0.3, -0.25) is 9.59 Å². The number of hydrogen-bond donors (Lipinski definition) is 1. The lowest BCUT2D eigenvalue weighted by molar-refractivity contribution is -0.122. The molecule has 3 rings (SSSR count). The van der Waals surface area contributed by atoms with Crippen LogP contribution in [0.15, 0.2) is 29.6 Å². The molecule has 0 spiro atoms. The van der Waals surface area contributed by atoms with Gasteiger partial charge < -0.3 is 10.2 Å². The van der Waals surface area contributed by atoms with Crippen molar-refractivity contribution in [3.63, 3.8) is 0 Å². The fraction of sp³-hybridized carbons (Fsp3) is 0.412. The molecule has 0 bridgehead atoms. The largest absolute Gasteiger partial charge is 0.352 e. The summed E-state index contributed by atoms with van der Waals surface area (Å²) in [6.07, 6.45) is 4.13. The molecule has 0 radical (unpaired) electrons. The van der Waals surface area contributed by atoms with Gasteiger partial charge in [-0.15, -0.1) is 5.10 Å². The predicted octanol–water partition coefficient (Wildman–Crippen LogP) is 2.38. The Morgan fingerprint density at radius 1 is 1.28 bits per heavy atom. The van der Waals surface area contributed by atoms with Crippen molar-refractivity contribution in [2.45, 2.75) is 38.3 Å². The van der Waals surface area contributed by atoms with Gasteiger partial charge >= 0.3 is 0 Å². The van der Waals surface area contributed by atoms with Crippen LogP contribution in [0, 0.1) is 5.82 Å². The molecule has 0 saturated heterocycles. The van der Waals surface area contributed by atoms with Crippen LogP contribution in [0.25, 0.3) is 0 Å². The minimum atomic E-state index is -0.432. The standard InChI is InChI=1S/C17H19FN4O2S/c18-14-8-4-1-5-12(14)9-22(17(24)15-11-25-21-20-15)10-16(23)19-13-6-2-3-7-13/h1,4-5,8,11,13H,2-3,6-7,9-10H2,(H,19,23). The van der Waals surface area contributed by atoms with E-state index in [4.69, 9.17) is 0 Å². The normalized spacial score (nSPS) is 14.4. The van der Waals surface area contributed by atoms with Crippen molar-refractivity contribution in [2.24, 2.45) is 0 Å². The molecule has 1 aromatic carbocycles. The summed E-state index contributed by atoms with van der Waals surface area (Å²) in [6.45, 7) is -0.137. The SMILES string of the molecule is O=C(CN(Cc1ccccc1F)C(=O)c1csnn1)NC1CCCC1. The Morgan fingerprint density at radius 2 is 2.04 bits per heavy atom. The van der Waals surface area contributed by atoms with Crippen molar-refractivity contribution in [3.8, 4) is 0 Å². The van der Waals surface area contributed by atoms with Crippen molar-refractivity contribution in [2.75, 3.05) is 6.54 Å². The molecule has 1 N–H and O–H groups in total. The van der Waals surface area contributed by atoms with E-state index in [1.807, 2.05) is 0 Å². The van der Waals surface area contributed by atoms with Crippen molar-refractivity contribution in [3.05, 3.63) is 46.7 Å². The molecular weight excluding hydrogens is 343 g/mol. The highest BCUT2D eigenvalue weighted by Crippen LogP contribution is 2.18. The van der Waals surface area contributed by atoms with Crippen LogP contribution < -0.4 is 5.32 Å². The molecule has 132 valence electrons. The number of carbonyl (C=O) groups excluding carboxylic acids is 2. The topological polar surface area (TPSA) is 75.2 Å². The molecule has 1 aromatic heterocycles. The molecular formula is C17H19FN4O2S. The van der Waals surface area contributed by atoms with Crippen molar-refractivity contribution in [1.29, 1.82) is 0 Å². The van der Waals surface area contributed by atoms with Gasteiger partial charge in [0.2, 0.25) is 5.91 Å². The third kappa shape index (κ3) is 4.60. The monoisotopic (exact) mass is 362 g/mol. The number of nitrogens with one attached hydrogen (secondary N) is 1. The van der Waals surface area contributed by atoms with Gasteiger partial charge in [-0.05, 0) is 30.4 Å². The quantitative estimate of drug-likeness (QED) is 0.856. The van der Waals surface area contributed by atoms with Crippen LogP contribution >= 0.6 is 11.5 Å². The van der Waals surface area contributed by atoms with Crippen LogP contribution in [0.3, 0.4) is 0 Å². The summed E-state index contributed by atoms with van der Waals surface area (Å²) in [4.78, 5) is 26.3. The van der Waals surface area contributed by atoms with Crippen LogP contribution in [0.4, 0.5) is 4.39 Å². The Morgan fingerprint density at radius 3 is 2.72 bits per heavy atom. The van der Waals surface area contributed by atoms with E-state index in [2.05, 4.69) is 14.9 Å². The minimum absolute atomic E-state index is 0.00111. The molecule has 1 heterocycles. The Bertz CT molecular complexity index is 732. The highest BCUT2D eigenvalue weighted by atomic mass is 32.1. The summed E-state index contributed by atoms with van der Waals surface area (Å²) in [6, 6.07) is 6.38. The molecule has 1 fully saturated rings. The second kappa shape index (κ2) is 8.15. The van der Waals surface area contributed by atoms with Gasteiger partial charge in [0, 0.05) is 23.5 Å².